The maximum Gasteiger partial charge on any atom is 0.238 e. The minimum Gasteiger partial charge on any atom is -0.302 e. The first-order valence-electron chi connectivity index (χ1n) is 9.32. The highest BCUT2D eigenvalue weighted by molar-refractivity contribution is 8.00. The van der Waals surface area contributed by atoms with Gasteiger partial charge in [0.05, 0.1) is 28.4 Å². The zero-order chi connectivity index (χ0) is 19.6. The highest BCUT2D eigenvalue weighted by Crippen LogP contribution is 2.43. The van der Waals surface area contributed by atoms with Gasteiger partial charge in [0.1, 0.15) is 6.33 Å². The van der Waals surface area contributed by atoms with Crippen molar-refractivity contribution < 1.29 is 4.79 Å². The number of para-hydroxylation sites is 2. The van der Waals surface area contributed by atoms with Crippen molar-refractivity contribution in [2.45, 2.75) is 21.3 Å². The van der Waals surface area contributed by atoms with E-state index in [2.05, 4.69) is 34.4 Å². The van der Waals surface area contributed by atoms with Crippen molar-refractivity contribution in [3.63, 3.8) is 0 Å². The lowest BCUT2D eigenvalue weighted by molar-refractivity contribution is -0.116. The van der Waals surface area contributed by atoms with Crippen LogP contribution in [0.2, 0.25) is 0 Å². The molecule has 2 aliphatic rings. The van der Waals surface area contributed by atoms with E-state index < -0.39 is 0 Å². The molecule has 2 aromatic carbocycles. The van der Waals surface area contributed by atoms with Crippen LogP contribution in [0.15, 0.2) is 95.3 Å². The number of carbonyl (C=O) groups is 1. The van der Waals surface area contributed by atoms with Gasteiger partial charge in [-0.2, -0.15) is 0 Å². The monoisotopic (exact) mass is 418 g/mol. The number of benzene rings is 2. The number of hydrogen-bond donors (Lipinski definition) is 0. The molecule has 1 aliphatic heterocycles. The summed E-state index contributed by atoms with van der Waals surface area (Å²) in [6, 6.07) is 18.0. The quantitative estimate of drug-likeness (QED) is 0.589. The molecule has 0 saturated carbocycles. The van der Waals surface area contributed by atoms with Gasteiger partial charge in [0, 0.05) is 4.90 Å². The van der Waals surface area contributed by atoms with Crippen LogP contribution in [0.5, 0.6) is 0 Å². The van der Waals surface area contributed by atoms with E-state index in [1.807, 2.05) is 71.3 Å². The molecule has 144 valence electrons. The third-order valence-corrected chi connectivity index (χ3v) is 6.97. The van der Waals surface area contributed by atoms with E-state index in [1.54, 1.807) is 11.0 Å². The average Bonchev–Trinajstić information content (AvgIpc) is 3.25. The molecule has 2 heterocycles. The number of amides is 1. The van der Waals surface area contributed by atoms with Gasteiger partial charge in [-0.3, -0.25) is 4.79 Å². The van der Waals surface area contributed by atoms with Crippen molar-refractivity contribution in [2.24, 2.45) is 0 Å². The Labute approximate surface area is 177 Å². The fraction of sp³-hybridized carbons (Fsp3) is 0.136. The van der Waals surface area contributed by atoms with E-state index in [0.717, 1.165) is 16.3 Å². The normalized spacial score (nSPS) is 19.7. The molecular formula is C22H18N4OS2. The molecule has 1 aliphatic carbocycles. The summed E-state index contributed by atoms with van der Waals surface area (Å²) in [5, 5.41) is 5.32. The largest absolute Gasteiger partial charge is 0.302 e. The number of rotatable bonds is 4. The van der Waals surface area contributed by atoms with Gasteiger partial charge in [0.25, 0.3) is 0 Å². The second-order valence-electron chi connectivity index (χ2n) is 6.67. The molecule has 0 unspecified atom stereocenters. The van der Waals surface area contributed by atoms with Crippen molar-refractivity contribution in [3.05, 3.63) is 85.2 Å². The number of thioether (sulfide) groups is 2. The molecule has 0 fully saturated rings. The van der Waals surface area contributed by atoms with Crippen LogP contribution in [0.1, 0.15) is 0 Å². The van der Waals surface area contributed by atoms with Crippen LogP contribution in [-0.4, -0.2) is 37.7 Å². The standard InChI is InChI=1S/C22H18N4OS2/c27-21(14-28-22-23-15-25(24-22)16-8-2-1-3-9-16)26-17-10-4-6-12-19(17)29-20-13-7-5-11-18(20)26/h1-13,15,17,19H,14H2/t17-,19-/m1/s1. The topological polar surface area (TPSA) is 51.0 Å². The fourth-order valence-corrected chi connectivity index (χ4v) is 5.41. The first-order valence-corrected chi connectivity index (χ1v) is 11.2. The highest BCUT2D eigenvalue weighted by Gasteiger charge is 2.36. The van der Waals surface area contributed by atoms with E-state index in [9.17, 15) is 4.79 Å². The summed E-state index contributed by atoms with van der Waals surface area (Å²) in [5.74, 6) is 0.354. The Morgan fingerprint density at radius 2 is 1.83 bits per heavy atom. The molecule has 0 spiro atoms. The Morgan fingerprint density at radius 3 is 2.72 bits per heavy atom. The summed E-state index contributed by atoms with van der Waals surface area (Å²) < 4.78 is 1.73. The second-order valence-corrected chi connectivity index (χ2v) is 8.83. The lowest BCUT2D eigenvalue weighted by atomic mass is 10.0. The Morgan fingerprint density at radius 1 is 1.03 bits per heavy atom. The number of carbonyl (C=O) groups excluding carboxylic acids is 1. The Hall–Kier alpha value is -2.77. The molecule has 5 rings (SSSR count). The zero-order valence-electron chi connectivity index (χ0n) is 15.5. The van der Waals surface area contributed by atoms with Gasteiger partial charge in [-0.15, -0.1) is 16.9 Å². The van der Waals surface area contributed by atoms with Crippen molar-refractivity contribution in [1.82, 2.24) is 14.8 Å². The molecule has 29 heavy (non-hydrogen) atoms. The van der Waals surface area contributed by atoms with Crippen molar-refractivity contribution in [1.29, 1.82) is 0 Å². The summed E-state index contributed by atoms with van der Waals surface area (Å²) in [6.07, 6.45) is 10.0. The van der Waals surface area contributed by atoms with Crippen molar-refractivity contribution in [2.75, 3.05) is 10.7 Å². The SMILES string of the molecule is O=C(CSc1ncn(-c2ccccc2)n1)N1c2ccccc2S[C@@H]2C=CC=C[C@H]21. The van der Waals surface area contributed by atoms with Crippen LogP contribution in [0.25, 0.3) is 5.69 Å². The Bertz CT molecular complexity index is 1090. The van der Waals surface area contributed by atoms with E-state index in [1.165, 1.54) is 11.8 Å². The predicted molar refractivity (Wildman–Crippen MR) is 118 cm³/mol. The van der Waals surface area contributed by atoms with E-state index in [0.29, 0.717) is 10.9 Å². The van der Waals surface area contributed by atoms with Gasteiger partial charge in [0.15, 0.2) is 0 Å². The predicted octanol–water partition coefficient (Wildman–Crippen LogP) is 4.36. The molecular weight excluding hydrogens is 400 g/mol. The molecule has 2 atom stereocenters. The van der Waals surface area contributed by atoms with Crippen LogP contribution < -0.4 is 4.90 Å². The zero-order valence-corrected chi connectivity index (χ0v) is 17.1. The lowest BCUT2D eigenvalue weighted by Crippen LogP contribution is -2.48. The summed E-state index contributed by atoms with van der Waals surface area (Å²) in [7, 11) is 0. The number of allylic oxidation sites excluding steroid dienone is 2. The lowest BCUT2D eigenvalue weighted by Gasteiger charge is -2.40. The Kier molecular flexibility index (Phi) is 4.99. The smallest absolute Gasteiger partial charge is 0.238 e. The molecule has 1 aromatic heterocycles. The molecule has 0 N–H and O–H groups in total. The first-order chi connectivity index (χ1) is 14.3. The third-order valence-electron chi connectivity index (χ3n) is 4.83. The minimum atomic E-state index is 0.0304. The second kappa shape index (κ2) is 7.93. The van der Waals surface area contributed by atoms with E-state index in [-0.39, 0.29) is 17.2 Å². The van der Waals surface area contributed by atoms with E-state index >= 15 is 0 Å². The molecule has 0 saturated heterocycles. The van der Waals surface area contributed by atoms with Gasteiger partial charge in [0.2, 0.25) is 11.1 Å². The molecule has 1 amide bonds. The van der Waals surface area contributed by atoms with Gasteiger partial charge in [-0.25, -0.2) is 9.67 Å². The summed E-state index contributed by atoms with van der Waals surface area (Å²) in [5.41, 5.74) is 1.93. The summed E-state index contributed by atoms with van der Waals surface area (Å²) in [6.45, 7) is 0. The number of nitrogens with zero attached hydrogens (tertiary/aromatic N) is 4. The number of anilines is 1. The Balaban J connectivity index is 1.34. The van der Waals surface area contributed by atoms with Gasteiger partial charge < -0.3 is 4.90 Å². The first kappa shape index (κ1) is 18.3. The summed E-state index contributed by atoms with van der Waals surface area (Å²) in [4.78, 5) is 20.7. The van der Waals surface area contributed by atoms with Crippen LogP contribution in [0.4, 0.5) is 5.69 Å². The number of hydrogen-bond acceptors (Lipinski definition) is 5. The summed E-state index contributed by atoms with van der Waals surface area (Å²) >= 11 is 3.18. The van der Waals surface area contributed by atoms with Gasteiger partial charge in [-0.1, -0.05) is 66.4 Å². The molecule has 3 aromatic rings. The van der Waals surface area contributed by atoms with Crippen molar-refractivity contribution in [3.8, 4) is 5.69 Å². The number of fused-ring (bicyclic) bond motifs is 2. The fourth-order valence-electron chi connectivity index (χ4n) is 3.50. The van der Waals surface area contributed by atoms with Crippen LogP contribution >= 0.6 is 23.5 Å². The third kappa shape index (κ3) is 3.63. The van der Waals surface area contributed by atoms with Crippen LogP contribution in [0, 0.1) is 0 Å². The van der Waals surface area contributed by atoms with Crippen molar-refractivity contribution >= 4 is 35.1 Å². The maximum absolute atomic E-state index is 13.2. The van der Waals surface area contributed by atoms with Crippen LogP contribution in [-0.2, 0) is 4.79 Å². The molecule has 5 nitrogen and oxygen atoms in total. The minimum absolute atomic E-state index is 0.0304. The molecule has 7 heteroatoms. The highest BCUT2D eigenvalue weighted by atomic mass is 32.2. The molecule has 0 radical (unpaired) electrons. The number of aromatic nitrogens is 3. The van der Waals surface area contributed by atoms with Gasteiger partial charge >= 0.3 is 0 Å². The van der Waals surface area contributed by atoms with Gasteiger partial charge in [-0.05, 0) is 24.3 Å². The maximum atomic E-state index is 13.2. The van der Waals surface area contributed by atoms with E-state index in [4.69, 9.17) is 0 Å². The average molecular weight is 419 g/mol. The molecule has 0 bridgehead atoms. The van der Waals surface area contributed by atoms with Crippen LogP contribution in [0.3, 0.4) is 0 Å².